The molecule has 0 aromatic heterocycles. The van der Waals surface area contributed by atoms with Crippen molar-refractivity contribution in [2.45, 2.75) is 25.6 Å². The van der Waals surface area contributed by atoms with Gasteiger partial charge in [0.1, 0.15) is 5.60 Å². The van der Waals surface area contributed by atoms with Crippen molar-refractivity contribution in [1.82, 2.24) is 0 Å². The first-order valence-corrected chi connectivity index (χ1v) is 2.61. The van der Waals surface area contributed by atoms with Gasteiger partial charge in [-0.25, -0.2) is 5.11 Å². The number of hydrogen-bond acceptors (Lipinski definition) is 4. The summed E-state index contributed by atoms with van der Waals surface area (Å²) in [6, 6.07) is 0. The summed E-state index contributed by atoms with van der Waals surface area (Å²) < 4.78 is 0. The molecule has 0 saturated carbocycles. The van der Waals surface area contributed by atoms with Crippen molar-refractivity contribution >= 4 is 0 Å². The van der Waals surface area contributed by atoms with E-state index in [0.29, 0.717) is 0 Å². The predicted molar refractivity (Wildman–Crippen MR) is 28.3 cm³/mol. The third-order valence-corrected chi connectivity index (χ3v) is 0.984. The molecule has 1 aliphatic heterocycles. The molecule has 1 radical (unpaired) electrons. The van der Waals surface area contributed by atoms with Gasteiger partial charge in [-0.1, -0.05) is 0 Å². The third-order valence-electron chi connectivity index (χ3n) is 0.984. The van der Waals surface area contributed by atoms with E-state index in [2.05, 4.69) is 20.7 Å². The maximum absolute atomic E-state index is 11.0. The Morgan fingerprint density at radius 3 is 1.89 bits per heavy atom. The van der Waals surface area contributed by atoms with Crippen LogP contribution in [0.25, 0.3) is 0 Å². The van der Waals surface area contributed by atoms with E-state index in [1.54, 1.807) is 0 Å². The summed E-state index contributed by atoms with van der Waals surface area (Å²) in [5, 5.41) is 24.4. The van der Waals surface area contributed by atoms with E-state index in [1.807, 2.05) is 0 Å². The number of rotatable bonds is 1. The molecule has 9 heavy (non-hydrogen) atoms. The molecule has 0 unspecified atom stereocenters. The fraction of sp³-hybridized carbons (Fsp3) is 1.00. The van der Waals surface area contributed by atoms with E-state index in [0.717, 1.165) is 0 Å². The Morgan fingerprint density at radius 2 is 1.67 bits per heavy atom. The summed E-state index contributed by atoms with van der Waals surface area (Å²) in [6.07, 6.45) is -0.627. The van der Waals surface area contributed by atoms with Gasteiger partial charge in [0, 0.05) is 0 Å². The van der Waals surface area contributed by atoms with Crippen LogP contribution in [0.1, 0.15) is 13.8 Å². The topological polar surface area (TPSA) is 69.3 Å². The maximum atomic E-state index is 11.0. The molecule has 49 valence electrons. The van der Waals surface area contributed by atoms with Gasteiger partial charge in [-0.15, -0.1) is 10.2 Å². The van der Waals surface area contributed by atoms with Crippen LogP contribution in [-0.4, -0.2) is 11.8 Å². The average molecular weight is 127 g/mol. The van der Waals surface area contributed by atoms with Crippen LogP contribution >= 0.6 is 0 Å². The minimum Gasteiger partial charge on any atom is -0.225 e. The van der Waals surface area contributed by atoms with Crippen LogP contribution in [0, 0.1) is 0 Å². The summed E-state index contributed by atoms with van der Waals surface area (Å²) in [5.41, 5.74) is -1.19. The van der Waals surface area contributed by atoms with Gasteiger partial charge in [0.05, 0.1) is 0 Å². The van der Waals surface area contributed by atoms with E-state index < -0.39 is 11.8 Å². The van der Waals surface area contributed by atoms with Crippen LogP contribution in [0.15, 0.2) is 20.7 Å². The second-order valence-corrected chi connectivity index (χ2v) is 2.39. The molecule has 1 aliphatic rings. The summed E-state index contributed by atoms with van der Waals surface area (Å²) in [7, 11) is 0. The Hall–Kier alpha value is -0.840. The zero-order valence-corrected chi connectivity index (χ0v) is 5.27. The van der Waals surface area contributed by atoms with Gasteiger partial charge in [-0.3, -0.25) is 0 Å². The van der Waals surface area contributed by atoms with Gasteiger partial charge >= 0.3 is 0 Å². The van der Waals surface area contributed by atoms with E-state index in [-0.39, 0.29) is 0 Å². The maximum Gasteiger partial charge on any atom is 0.216 e. The van der Waals surface area contributed by atoms with E-state index in [1.165, 1.54) is 13.8 Å². The molecule has 0 spiro atoms. The molecule has 5 nitrogen and oxygen atoms in total. The molecule has 0 bridgehead atoms. The Labute approximate surface area is 52.5 Å². The summed E-state index contributed by atoms with van der Waals surface area (Å²) >= 11 is 0. The summed E-state index contributed by atoms with van der Waals surface area (Å²) in [6.45, 7) is 3.00. The normalized spacial score (nSPS) is 19.4. The lowest BCUT2D eigenvalue weighted by Crippen LogP contribution is -2.29. The second kappa shape index (κ2) is 1.84. The number of hydrogen-bond donors (Lipinski definition) is 0. The Kier molecular flexibility index (Phi) is 1.28. The van der Waals surface area contributed by atoms with E-state index in [4.69, 9.17) is 0 Å². The van der Waals surface area contributed by atoms with Crippen LogP contribution in [0.4, 0.5) is 0 Å². The SMILES string of the molecule is CC(C)([O])C1N=NN=N1. The van der Waals surface area contributed by atoms with Gasteiger partial charge < -0.3 is 0 Å². The monoisotopic (exact) mass is 127 g/mol. The molecule has 0 atom stereocenters. The van der Waals surface area contributed by atoms with Crippen molar-refractivity contribution in [3.63, 3.8) is 0 Å². The molecule has 0 saturated heterocycles. The largest absolute Gasteiger partial charge is 0.225 e. The molecule has 0 aromatic rings. The van der Waals surface area contributed by atoms with Crippen LogP contribution in [0.3, 0.4) is 0 Å². The van der Waals surface area contributed by atoms with Gasteiger partial charge in [-0.05, 0) is 24.3 Å². The van der Waals surface area contributed by atoms with Crippen LogP contribution in [0.2, 0.25) is 0 Å². The second-order valence-electron chi connectivity index (χ2n) is 2.39. The van der Waals surface area contributed by atoms with Crippen molar-refractivity contribution in [2.24, 2.45) is 20.7 Å². The minimum atomic E-state index is -1.19. The highest BCUT2D eigenvalue weighted by Crippen LogP contribution is 2.18. The van der Waals surface area contributed by atoms with Crippen LogP contribution in [0.5, 0.6) is 0 Å². The summed E-state index contributed by atoms with van der Waals surface area (Å²) in [4.78, 5) is 0. The minimum absolute atomic E-state index is 0.627. The standard InChI is InChI=1S/C4H7N4O/c1-4(2,9)3-5-7-8-6-3/h3H,1-2H3. The quantitative estimate of drug-likeness (QED) is 0.510. The smallest absolute Gasteiger partial charge is 0.216 e. The van der Waals surface area contributed by atoms with Crippen molar-refractivity contribution < 1.29 is 5.11 Å². The lowest BCUT2D eigenvalue weighted by atomic mass is 10.1. The molecular weight excluding hydrogens is 120 g/mol. The Bertz CT molecular complexity index is 144. The van der Waals surface area contributed by atoms with Gasteiger partial charge in [0.15, 0.2) is 0 Å². The summed E-state index contributed by atoms with van der Waals surface area (Å²) in [5.74, 6) is 0. The van der Waals surface area contributed by atoms with Gasteiger partial charge in [0.25, 0.3) is 0 Å². The first-order chi connectivity index (χ1) is 4.11. The van der Waals surface area contributed by atoms with Crippen molar-refractivity contribution in [3.05, 3.63) is 0 Å². The first kappa shape index (κ1) is 6.28. The molecule has 0 fully saturated rings. The Balaban J connectivity index is 2.64. The molecule has 5 heteroatoms. The van der Waals surface area contributed by atoms with Gasteiger partial charge in [0.2, 0.25) is 6.17 Å². The molecule has 0 amide bonds. The van der Waals surface area contributed by atoms with Crippen molar-refractivity contribution in [2.75, 3.05) is 0 Å². The molecule has 0 N–H and O–H groups in total. The highest BCUT2D eigenvalue weighted by Gasteiger charge is 2.30. The Morgan fingerprint density at radius 1 is 1.22 bits per heavy atom. The molecule has 0 aliphatic carbocycles. The lowest BCUT2D eigenvalue weighted by Gasteiger charge is -2.13. The zero-order chi connectivity index (χ0) is 6.91. The van der Waals surface area contributed by atoms with Crippen molar-refractivity contribution in [1.29, 1.82) is 0 Å². The highest BCUT2D eigenvalue weighted by molar-refractivity contribution is 4.80. The molecule has 1 rings (SSSR count). The average Bonchev–Trinajstić information content (AvgIpc) is 2.08. The zero-order valence-electron chi connectivity index (χ0n) is 5.27. The fourth-order valence-corrected chi connectivity index (χ4v) is 0.445. The van der Waals surface area contributed by atoms with Gasteiger partial charge in [-0.2, -0.15) is 0 Å². The predicted octanol–water partition coefficient (Wildman–Crippen LogP) is 1.35. The lowest BCUT2D eigenvalue weighted by molar-refractivity contribution is -0.0157. The van der Waals surface area contributed by atoms with E-state index >= 15 is 0 Å². The molecular formula is C4H7N4O. The first-order valence-electron chi connectivity index (χ1n) is 2.61. The fourth-order valence-electron chi connectivity index (χ4n) is 0.445. The highest BCUT2D eigenvalue weighted by atomic mass is 16.3. The van der Waals surface area contributed by atoms with Crippen LogP contribution in [-0.2, 0) is 5.11 Å². The van der Waals surface area contributed by atoms with Crippen LogP contribution < -0.4 is 0 Å². The molecule has 1 heterocycles. The third kappa shape index (κ3) is 1.29. The number of nitrogens with zero attached hydrogens (tertiary/aromatic N) is 4. The van der Waals surface area contributed by atoms with E-state index in [9.17, 15) is 5.11 Å². The molecule has 0 aromatic carbocycles. The van der Waals surface area contributed by atoms with Crippen molar-refractivity contribution in [3.8, 4) is 0 Å².